The van der Waals surface area contributed by atoms with Crippen LogP contribution < -0.4 is 5.73 Å². The predicted octanol–water partition coefficient (Wildman–Crippen LogP) is 1.62. The number of carbonyl (C=O) groups excluding carboxylic acids is 2. The fraction of sp³-hybridized carbons (Fsp3) is 0.476. The fourth-order valence-electron chi connectivity index (χ4n) is 4.13. The molecule has 0 saturated carbocycles. The van der Waals surface area contributed by atoms with Crippen molar-refractivity contribution < 1.29 is 9.59 Å². The molecule has 1 fully saturated rings. The Kier molecular flexibility index (Phi) is 5.71. The minimum Gasteiger partial charge on any atom is -0.341 e. The monoisotopic (exact) mass is 381 g/mol. The standard InChI is InChI=1S/C21H27N5O2/c1-4-24(5-2)21(28)19-10-15(23)12-26(19)20(27)13-25-14(3)17(11-22)16-8-6-7-9-18(16)25/h6-9,15,19H,4-5,10,12-13,23H2,1-3H3/t15-,19+/m1/s1. The zero-order chi connectivity index (χ0) is 20.4. The van der Waals surface area contributed by atoms with E-state index < -0.39 is 6.04 Å². The van der Waals surface area contributed by atoms with Gasteiger partial charge in [0.25, 0.3) is 0 Å². The zero-order valence-electron chi connectivity index (χ0n) is 16.7. The van der Waals surface area contributed by atoms with Gasteiger partial charge in [-0.25, -0.2) is 0 Å². The quantitative estimate of drug-likeness (QED) is 0.851. The molecule has 7 heteroatoms. The number of rotatable bonds is 5. The van der Waals surface area contributed by atoms with Crippen molar-refractivity contribution in [2.75, 3.05) is 19.6 Å². The molecular formula is C21H27N5O2. The molecule has 0 bridgehead atoms. The van der Waals surface area contributed by atoms with Crippen LogP contribution in [0.25, 0.3) is 10.9 Å². The number of nitrogens with zero attached hydrogens (tertiary/aromatic N) is 4. The van der Waals surface area contributed by atoms with E-state index in [9.17, 15) is 14.9 Å². The van der Waals surface area contributed by atoms with E-state index in [2.05, 4.69) is 6.07 Å². The second-order valence-corrected chi connectivity index (χ2v) is 7.24. The molecule has 2 atom stereocenters. The van der Waals surface area contributed by atoms with E-state index in [-0.39, 0.29) is 24.4 Å². The molecule has 1 aromatic heterocycles. The first-order chi connectivity index (χ1) is 13.4. The molecule has 1 aliphatic rings. The molecule has 0 spiro atoms. The number of fused-ring (bicyclic) bond motifs is 1. The summed E-state index contributed by atoms with van der Waals surface area (Å²) in [4.78, 5) is 29.4. The van der Waals surface area contributed by atoms with Gasteiger partial charge >= 0.3 is 0 Å². The second-order valence-electron chi connectivity index (χ2n) is 7.24. The van der Waals surface area contributed by atoms with Crippen LogP contribution in [-0.2, 0) is 16.1 Å². The molecule has 2 N–H and O–H groups in total. The van der Waals surface area contributed by atoms with Crippen molar-refractivity contribution in [3.05, 3.63) is 35.5 Å². The predicted molar refractivity (Wildman–Crippen MR) is 107 cm³/mol. The number of amides is 2. The van der Waals surface area contributed by atoms with Gasteiger partial charge < -0.3 is 20.1 Å². The highest BCUT2D eigenvalue weighted by molar-refractivity contribution is 5.91. The van der Waals surface area contributed by atoms with Gasteiger partial charge in [0.2, 0.25) is 11.8 Å². The van der Waals surface area contributed by atoms with E-state index in [1.165, 1.54) is 0 Å². The van der Waals surface area contributed by atoms with Crippen LogP contribution in [0.5, 0.6) is 0 Å². The third kappa shape index (κ3) is 3.36. The molecule has 28 heavy (non-hydrogen) atoms. The summed E-state index contributed by atoms with van der Waals surface area (Å²) >= 11 is 0. The number of likely N-dealkylation sites (N-methyl/N-ethyl adjacent to an activating group) is 1. The Morgan fingerprint density at radius 2 is 1.96 bits per heavy atom. The van der Waals surface area contributed by atoms with E-state index in [1.54, 1.807) is 9.80 Å². The summed E-state index contributed by atoms with van der Waals surface area (Å²) in [5.74, 6) is -0.190. The van der Waals surface area contributed by atoms with Crippen molar-refractivity contribution in [3.63, 3.8) is 0 Å². The molecule has 2 amide bonds. The highest BCUT2D eigenvalue weighted by Crippen LogP contribution is 2.26. The lowest BCUT2D eigenvalue weighted by atomic mass is 10.1. The second kappa shape index (κ2) is 8.03. The molecule has 1 saturated heterocycles. The molecule has 148 valence electrons. The third-order valence-corrected chi connectivity index (χ3v) is 5.65. The molecule has 2 aromatic rings. The zero-order valence-corrected chi connectivity index (χ0v) is 16.7. The van der Waals surface area contributed by atoms with Crippen LogP contribution in [0.2, 0.25) is 0 Å². The van der Waals surface area contributed by atoms with E-state index >= 15 is 0 Å². The maximum absolute atomic E-state index is 13.2. The third-order valence-electron chi connectivity index (χ3n) is 5.65. The number of benzene rings is 1. The average molecular weight is 381 g/mol. The maximum Gasteiger partial charge on any atom is 0.245 e. The van der Waals surface area contributed by atoms with Gasteiger partial charge in [-0.2, -0.15) is 5.26 Å². The van der Waals surface area contributed by atoms with E-state index in [0.29, 0.717) is 31.6 Å². The van der Waals surface area contributed by atoms with Crippen molar-refractivity contribution in [2.24, 2.45) is 5.73 Å². The van der Waals surface area contributed by atoms with Crippen molar-refractivity contribution in [2.45, 2.75) is 45.8 Å². The van der Waals surface area contributed by atoms with Crippen molar-refractivity contribution in [1.82, 2.24) is 14.4 Å². The fourth-order valence-corrected chi connectivity index (χ4v) is 4.13. The number of carbonyl (C=O) groups is 2. The summed E-state index contributed by atoms with van der Waals surface area (Å²) in [7, 11) is 0. The lowest BCUT2D eigenvalue weighted by molar-refractivity contribution is -0.143. The molecule has 0 unspecified atom stereocenters. The number of para-hydroxylation sites is 1. The summed E-state index contributed by atoms with van der Waals surface area (Å²) in [6.07, 6.45) is 0.482. The molecule has 2 heterocycles. The summed E-state index contributed by atoms with van der Waals surface area (Å²) < 4.78 is 1.86. The lowest BCUT2D eigenvalue weighted by Gasteiger charge is -2.29. The van der Waals surface area contributed by atoms with Gasteiger partial charge in [-0.3, -0.25) is 9.59 Å². The summed E-state index contributed by atoms with van der Waals surface area (Å²) in [6.45, 7) is 7.39. The molecule has 0 aliphatic carbocycles. The molecule has 0 radical (unpaired) electrons. The summed E-state index contributed by atoms with van der Waals surface area (Å²) in [5.41, 5.74) is 8.28. The van der Waals surface area contributed by atoms with Crippen LogP contribution in [-0.4, -0.2) is 57.9 Å². The van der Waals surface area contributed by atoms with Gasteiger partial charge in [-0.05, 0) is 33.3 Å². The van der Waals surface area contributed by atoms with Crippen LogP contribution in [0.1, 0.15) is 31.5 Å². The molecular weight excluding hydrogens is 354 g/mol. The number of hydrogen-bond acceptors (Lipinski definition) is 4. The number of aromatic nitrogens is 1. The van der Waals surface area contributed by atoms with Crippen LogP contribution in [0.4, 0.5) is 0 Å². The van der Waals surface area contributed by atoms with Crippen LogP contribution in [0.15, 0.2) is 24.3 Å². The SMILES string of the molecule is CCN(CC)C(=O)[C@@H]1C[C@@H](N)CN1C(=O)Cn1c(C)c(C#N)c2ccccc21. The number of likely N-dealkylation sites (tertiary alicyclic amines) is 1. The minimum absolute atomic E-state index is 0.0434. The average Bonchev–Trinajstić information content (AvgIpc) is 3.21. The number of hydrogen-bond donors (Lipinski definition) is 1. The first-order valence-electron chi connectivity index (χ1n) is 9.74. The van der Waals surface area contributed by atoms with Crippen LogP contribution in [0, 0.1) is 18.3 Å². The maximum atomic E-state index is 13.2. The lowest BCUT2D eigenvalue weighted by Crippen LogP contribution is -2.48. The number of nitrogens with two attached hydrogens (primary N) is 1. The normalized spacial score (nSPS) is 19.0. The van der Waals surface area contributed by atoms with E-state index in [0.717, 1.165) is 16.6 Å². The molecule has 7 nitrogen and oxygen atoms in total. The Labute approximate surface area is 165 Å². The van der Waals surface area contributed by atoms with Crippen molar-refractivity contribution in [1.29, 1.82) is 5.26 Å². The number of nitriles is 1. The molecule has 1 aliphatic heterocycles. The van der Waals surface area contributed by atoms with Gasteiger partial charge in [0.05, 0.1) is 11.1 Å². The van der Waals surface area contributed by atoms with Crippen molar-refractivity contribution in [3.8, 4) is 6.07 Å². The van der Waals surface area contributed by atoms with Crippen molar-refractivity contribution >= 4 is 22.7 Å². The Morgan fingerprint density at radius 3 is 2.61 bits per heavy atom. The summed E-state index contributed by atoms with van der Waals surface area (Å²) in [5, 5.41) is 10.4. The first kappa shape index (κ1) is 19.9. The Bertz CT molecular complexity index is 938. The van der Waals surface area contributed by atoms with E-state index in [4.69, 9.17) is 5.73 Å². The van der Waals surface area contributed by atoms with Crippen LogP contribution >= 0.6 is 0 Å². The Morgan fingerprint density at radius 1 is 1.29 bits per heavy atom. The Hall–Kier alpha value is -2.85. The van der Waals surface area contributed by atoms with Gasteiger partial charge in [-0.1, -0.05) is 18.2 Å². The van der Waals surface area contributed by atoms with Gasteiger partial charge in [0.1, 0.15) is 18.7 Å². The molecule has 1 aromatic carbocycles. The largest absolute Gasteiger partial charge is 0.341 e. The summed E-state index contributed by atoms with van der Waals surface area (Å²) in [6, 6.07) is 9.09. The first-order valence-corrected chi connectivity index (χ1v) is 9.74. The highest BCUT2D eigenvalue weighted by Gasteiger charge is 2.39. The minimum atomic E-state index is -0.514. The van der Waals surface area contributed by atoms with Gasteiger partial charge in [-0.15, -0.1) is 0 Å². The van der Waals surface area contributed by atoms with E-state index in [1.807, 2.05) is 49.6 Å². The highest BCUT2D eigenvalue weighted by atomic mass is 16.2. The Balaban J connectivity index is 1.90. The van der Waals surface area contributed by atoms with Gasteiger partial charge in [0, 0.05) is 36.8 Å². The molecule has 3 rings (SSSR count). The topological polar surface area (TPSA) is 95.4 Å². The van der Waals surface area contributed by atoms with Gasteiger partial charge in [0.15, 0.2) is 0 Å². The van der Waals surface area contributed by atoms with Crippen LogP contribution in [0.3, 0.4) is 0 Å². The smallest absolute Gasteiger partial charge is 0.245 e.